The standard InChI is InChI=1S/C20H25NO6S/c1-5-7-8-15-9-11-16(12-10-15)21-14-17(27-19(21)23)13-20(3,28(4,24)25)18(22)26-6-2/h9-12,17H,5-6,13-14H2,1-4H3/t17-,20+/m0/s1. The molecule has 1 aromatic rings. The van der Waals surface area contributed by atoms with Gasteiger partial charge in [-0.25, -0.2) is 13.2 Å². The third-order valence-corrected chi connectivity index (χ3v) is 6.58. The number of hydrogen-bond donors (Lipinski definition) is 0. The summed E-state index contributed by atoms with van der Waals surface area (Å²) < 4.78 is 33.0. The third-order valence-electron chi connectivity index (χ3n) is 4.61. The average Bonchev–Trinajstić information content (AvgIpc) is 2.99. The van der Waals surface area contributed by atoms with Gasteiger partial charge in [-0.3, -0.25) is 9.69 Å². The molecule has 7 nitrogen and oxygen atoms in total. The molecule has 0 N–H and O–H groups in total. The van der Waals surface area contributed by atoms with Crippen LogP contribution in [0.15, 0.2) is 24.3 Å². The first-order valence-electron chi connectivity index (χ1n) is 9.06. The molecule has 152 valence electrons. The fourth-order valence-corrected chi connectivity index (χ4v) is 3.71. The molecule has 1 aliphatic heterocycles. The van der Waals surface area contributed by atoms with Gasteiger partial charge in [0.05, 0.1) is 13.2 Å². The second-order valence-electron chi connectivity index (χ2n) is 6.75. The average molecular weight is 407 g/mol. The summed E-state index contributed by atoms with van der Waals surface area (Å²) in [6, 6.07) is 7.12. The highest BCUT2D eigenvalue weighted by molar-refractivity contribution is 7.92. The Bertz CT molecular complexity index is 897. The predicted molar refractivity (Wildman–Crippen MR) is 106 cm³/mol. The van der Waals surface area contributed by atoms with E-state index < -0.39 is 32.8 Å². The maximum atomic E-state index is 12.3. The molecular weight excluding hydrogens is 382 g/mol. The van der Waals surface area contributed by atoms with Crippen LogP contribution in [0, 0.1) is 11.8 Å². The maximum absolute atomic E-state index is 12.3. The first-order chi connectivity index (χ1) is 13.1. The van der Waals surface area contributed by atoms with Crippen molar-refractivity contribution in [2.75, 3.05) is 24.3 Å². The van der Waals surface area contributed by atoms with Crippen molar-refractivity contribution >= 4 is 27.6 Å². The van der Waals surface area contributed by atoms with E-state index in [9.17, 15) is 18.0 Å². The summed E-state index contributed by atoms with van der Waals surface area (Å²) in [7, 11) is -3.79. The highest BCUT2D eigenvalue weighted by atomic mass is 32.2. The zero-order chi connectivity index (χ0) is 20.9. The van der Waals surface area contributed by atoms with Gasteiger partial charge in [0.15, 0.2) is 14.6 Å². The SMILES string of the molecule is CCC#Cc1ccc(N2C[C@H](C[C@](C)(C(=O)OCC)S(C)(=O)=O)OC2=O)cc1. The lowest BCUT2D eigenvalue weighted by Crippen LogP contribution is -2.47. The smallest absolute Gasteiger partial charge is 0.414 e. The van der Waals surface area contributed by atoms with Crippen LogP contribution >= 0.6 is 0 Å². The quantitative estimate of drug-likeness (QED) is 0.532. The van der Waals surface area contributed by atoms with Gasteiger partial charge >= 0.3 is 12.1 Å². The monoisotopic (exact) mass is 407 g/mol. The number of rotatable bonds is 6. The van der Waals surface area contributed by atoms with Gasteiger partial charge in [-0.15, -0.1) is 0 Å². The molecule has 0 aliphatic carbocycles. The first-order valence-corrected chi connectivity index (χ1v) is 11.0. The Kier molecular flexibility index (Phi) is 6.73. The number of benzene rings is 1. The van der Waals surface area contributed by atoms with Gasteiger partial charge in [0, 0.05) is 30.3 Å². The van der Waals surface area contributed by atoms with Crippen molar-refractivity contribution in [1.82, 2.24) is 0 Å². The molecular formula is C20H25NO6S. The van der Waals surface area contributed by atoms with Crippen LogP contribution in [0.25, 0.3) is 0 Å². The zero-order valence-electron chi connectivity index (χ0n) is 16.5. The molecule has 8 heteroatoms. The number of hydrogen-bond acceptors (Lipinski definition) is 6. The highest BCUT2D eigenvalue weighted by Crippen LogP contribution is 2.30. The van der Waals surface area contributed by atoms with E-state index in [-0.39, 0.29) is 19.6 Å². The summed E-state index contributed by atoms with van der Waals surface area (Å²) in [5.41, 5.74) is 1.45. The summed E-state index contributed by atoms with van der Waals surface area (Å²) in [6.45, 7) is 5.07. The van der Waals surface area contributed by atoms with E-state index in [1.807, 2.05) is 6.92 Å². The normalized spacial score (nSPS) is 18.6. The topological polar surface area (TPSA) is 90.0 Å². The van der Waals surface area contributed by atoms with Crippen LogP contribution < -0.4 is 4.90 Å². The van der Waals surface area contributed by atoms with Crippen molar-refractivity contribution in [3.05, 3.63) is 29.8 Å². The number of anilines is 1. The van der Waals surface area contributed by atoms with E-state index in [1.54, 1.807) is 31.2 Å². The van der Waals surface area contributed by atoms with Gasteiger partial charge in [-0.05, 0) is 38.1 Å². The first kappa shape index (κ1) is 21.8. The second kappa shape index (κ2) is 8.65. The molecule has 0 aromatic heterocycles. The molecule has 1 aliphatic rings. The molecule has 0 unspecified atom stereocenters. The van der Waals surface area contributed by atoms with Crippen molar-refractivity contribution in [2.24, 2.45) is 0 Å². The van der Waals surface area contributed by atoms with Gasteiger partial charge in [0.2, 0.25) is 0 Å². The number of carbonyl (C=O) groups is 2. The number of ether oxygens (including phenoxy) is 2. The predicted octanol–water partition coefficient (Wildman–Crippen LogP) is 2.53. The van der Waals surface area contributed by atoms with E-state index in [4.69, 9.17) is 9.47 Å². The van der Waals surface area contributed by atoms with Crippen LogP contribution in [0.1, 0.15) is 39.2 Å². The Morgan fingerprint density at radius 3 is 2.50 bits per heavy atom. The minimum atomic E-state index is -3.79. The number of nitrogens with zero attached hydrogens (tertiary/aromatic N) is 1. The minimum Gasteiger partial charge on any atom is -0.465 e. The lowest BCUT2D eigenvalue weighted by molar-refractivity contribution is -0.146. The van der Waals surface area contributed by atoms with Crippen LogP contribution in [0.4, 0.5) is 10.5 Å². The summed E-state index contributed by atoms with van der Waals surface area (Å²) in [5, 5.41) is 0. The number of sulfone groups is 1. The van der Waals surface area contributed by atoms with E-state index in [1.165, 1.54) is 11.8 Å². The summed E-state index contributed by atoms with van der Waals surface area (Å²) >= 11 is 0. The van der Waals surface area contributed by atoms with Gasteiger partial charge in [0.1, 0.15) is 6.10 Å². The molecule has 0 bridgehead atoms. The fourth-order valence-electron chi connectivity index (χ4n) is 2.86. The summed E-state index contributed by atoms with van der Waals surface area (Å²) in [6.07, 6.45) is 0.219. The molecule has 0 saturated carbocycles. The Hall–Kier alpha value is -2.53. The lowest BCUT2D eigenvalue weighted by atomic mass is 10.0. The Labute approximate surface area is 165 Å². The molecule has 1 aromatic carbocycles. The van der Waals surface area contributed by atoms with E-state index in [2.05, 4.69) is 11.8 Å². The van der Waals surface area contributed by atoms with E-state index in [0.29, 0.717) is 5.69 Å². The second-order valence-corrected chi connectivity index (χ2v) is 9.19. The number of cyclic esters (lactones) is 1. The molecule has 0 radical (unpaired) electrons. The molecule has 28 heavy (non-hydrogen) atoms. The lowest BCUT2D eigenvalue weighted by Gasteiger charge is -2.27. The molecule has 1 amide bonds. The van der Waals surface area contributed by atoms with Crippen molar-refractivity contribution < 1.29 is 27.5 Å². The van der Waals surface area contributed by atoms with Crippen molar-refractivity contribution in [3.63, 3.8) is 0 Å². The van der Waals surface area contributed by atoms with E-state index >= 15 is 0 Å². The number of amides is 1. The Morgan fingerprint density at radius 2 is 1.96 bits per heavy atom. The molecule has 0 spiro atoms. The van der Waals surface area contributed by atoms with Crippen LogP contribution in [0.2, 0.25) is 0 Å². The molecule has 1 saturated heterocycles. The summed E-state index contributed by atoms with van der Waals surface area (Å²) in [4.78, 5) is 26.0. The zero-order valence-corrected chi connectivity index (χ0v) is 17.3. The molecule has 1 heterocycles. The Balaban J connectivity index is 2.18. The highest BCUT2D eigenvalue weighted by Gasteiger charge is 2.49. The van der Waals surface area contributed by atoms with Gasteiger partial charge in [-0.1, -0.05) is 18.8 Å². The van der Waals surface area contributed by atoms with Crippen molar-refractivity contribution in [2.45, 2.75) is 44.5 Å². The summed E-state index contributed by atoms with van der Waals surface area (Å²) in [5.74, 6) is 5.13. The molecule has 1 fully saturated rings. The van der Waals surface area contributed by atoms with Gasteiger partial charge in [0.25, 0.3) is 0 Å². The van der Waals surface area contributed by atoms with E-state index in [0.717, 1.165) is 18.2 Å². The number of esters is 1. The van der Waals surface area contributed by atoms with Crippen LogP contribution in [-0.4, -0.2) is 50.7 Å². The van der Waals surface area contributed by atoms with Crippen molar-refractivity contribution in [1.29, 1.82) is 0 Å². The van der Waals surface area contributed by atoms with Gasteiger partial charge in [-0.2, -0.15) is 0 Å². The molecule has 2 atom stereocenters. The number of carbonyl (C=O) groups excluding carboxylic acids is 2. The minimum absolute atomic E-state index is 0.0633. The third kappa shape index (κ3) is 4.65. The largest absolute Gasteiger partial charge is 0.465 e. The molecule has 2 rings (SSSR count). The van der Waals surface area contributed by atoms with Crippen molar-refractivity contribution in [3.8, 4) is 11.8 Å². The van der Waals surface area contributed by atoms with Crippen LogP contribution in [0.5, 0.6) is 0 Å². The van der Waals surface area contributed by atoms with Crippen LogP contribution in [-0.2, 0) is 24.1 Å². The van der Waals surface area contributed by atoms with Crippen LogP contribution in [0.3, 0.4) is 0 Å². The van der Waals surface area contributed by atoms with Gasteiger partial charge < -0.3 is 9.47 Å². The maximum Gasteiger partial charge on any atom is 0.414 e. The fraction of sp³-hybridized carbons (Fsp3) is 0.500. The Morgan fingerprint density at radius 1 is 1.32 bits per heavy atom.